The van der Waals surface area contributed by atoms with E-state index in [1.54, 1.807) is 15.3 Å². The molecule has 1 aliphatic heterocycles. The average Bonchev–Trinajstić information content (AvgIpc) is 3.30. The van der Waals surface area contributed by atoms with Crippen LogP contribution in [0.3, 0.4) is 0 Å². The van der Waals surface area contributed by atoms with Gasteiger partial charge >= 0.3 is 5.97 Å². The van der Waals surface area contributed by atoms with Crippen LogP contribution in [0.2, 0.25) is 10.2 Å². The van der Waals surface area contributed by atoms with Crippen LogP contribution in [0.5, 0.6) is 0 Å². The van der Waals surface area contributed by atoms with Crippen molar-refractivity contribution in [3.8, 4) is 5.69 Å². The quantitative estimate of drug-likeness (QED) is 0.466. The van der Waals surface area contributed by atoms with E-state index in [0.717, 1.165) is 5.57 Å². The molecule has 0 saturated carbocycles. The third-order valence-electron chi connectivity index (χ3n) is 5.54. The van der Waals surface area contributed by atoms with Crippen LogP contribution in [0.15, 0.2) is 47.3 Å². The van der Waals surface area contributed by atoms with E-state index < -0.39 is 5.97 Å². The number of aromatic nitrogens is 4. The number of nitrogens with zero attached hydrogens (tertiary/aromatic N) is 4. The third kappa shape index (κ3) is 3.21. The molecule has 1 aliphatic rings. The first-order valence-corrected chi connectivity index (χ1v) is 10.6. The van der Waals surface area contributed by atoms with Crippen LogP contribution in [0.25, 0.3) is 28.2 Å². The SMILES string of the molecule is Cc1nn(-c2ccccc2Cl)c(Cl)c1/C=C1/CCn2c1nc1cc(C(=O)O)ccc1c2=O. The molecule has 0 radical (unpaired) electrons. The topological polar surface area (TPSA) is 90.0 Å². The summed E-state index contributed by atoms with van der Waals surface area (Å²) in [7, 11) is 0. The molecule has 1 N–H and O–H groups in total. The molecule has 0 amide bonds. The number of hydrogen-bond donors (Lipinski definition) is 1. The Morgan fingerprint density at radius 1 is 1.19 bits per heavy atom. The van der Waals surface area contributed by atoms with Gasteiger partial charge in [0.25, 0.3) is 5.56 Å². The molecule has 0 bridgehead atoms. The fourth-order valence-corrected chi connectivity index (χ4v) is 4.46. The highest BCUT2D eigenvalue weighted by atomic mass is 35.5. The van der Waals surface area contributed by atoms with Gasteiger partial charge in [-0.25, -0.2) is 14.5 Å². The van der Waals surface area contributed by atoms with Gasteiger partial charge in [-0.3, -0.25) is 9.36 Å². The Kier molecular flexibility index (Phi) is 4.87. The molecule has 160 valence electrons. The minimum absolute atomic E-state index is 0.0813. The first-order chi connectivity index (χ1) is 15.3. The van der Waals surface area contributed by atoms with Gasteiger partial charge in [-0.1, -0.05) is 35.3 Å². The van der Waals surface area contributed by atoms with Gasteiger partial charge < -0.3 is 5.11 Å². The summed E-state index contributed by atoms with van der Waals surface area (Å²) in [6.45, 7) is 2.33. The summed E-state index contributed by atoms with van der Waals surface area (Å²) in [5.41, 5.74) is 3.15. The predicted molar refractivity (Wildman–Crippen MR) is 124 cm³/mol. The van der Waals surface area contributed by atoms with Crippen LogP contribution in [-0.2, 0) is 6.54 Å². The van der Waals surface area contributed by atoms with Gasteiger partial charge in [0.1, 0.15) is 11.0 Å². The van der Waals surface area contributed by atoms with Crippen LogP contribution in [0, 0.1) is 6.92 Å². The molecule has 0 atom stereocenters. The van der Waals surface area contributed by atoms with Crippen LogP contribution in [-0.4, -0.2) is 30.4 Å². The van der Waals surface area contributed by atoms with Crippen molar-refractivity contribution < 1.29 is 9.90 Å². The zero-order chi connectivity index (χ0) is 22.6. The summed E-state index contributed by atoms with van der Waals surface area (Å²) in [5.74, 6) is -0.564. The number of fused-ring (bicyclic) bond motifs is 2. The fraction of sp³-hybridized carbons (Fsp3) is 0.130. The highest BCUT2D eigenvalue weighted by Gasteiger charge is 2.23. The van der Waals surface area contributed by atoms with E-state index in [1.165, 1.54) is 18.2 Å². The highest BCUT2D eigenvalue weighted by molar-refractivity contribution is 6.33. The second-order valence-electron chi connectivity index (χ2n) is 7.50. The maximum atomic E-state index is 13.0. The van der Waals surface area contributed by atoms with Crippen LogP contribution in [0.4, 0.5) is 0 Å². The van der Waals surface area contributed by atoms with Crippen molar-refractivity contribution in [3.05, 3.63) is 85.6 Å². The smallest absolute Gasteiger partial charge is 0.335 e. The Morgan fingerprint density at radius 3 is 2.72 bits per heavy atom. The van der Waals surface area contributed by atoms with Gasteiger partial charge in [0.15, 0.2) is 0 Å². The van der Waals surface area contributed by atoms with Gasteiger partial charge in [0.2, 0.25) is 0 Å². The molecule has 0 spiro atoms. The number of carboxylic acids is 1. The summed E-state index contributed by atoms with van der Waals surface area (Å²) in [5, 5.41) is 15.1. The van der Waals surface area contributed by atoms with Crippen molar-refractivity contribution in [2.75, 3.05) is 0 Å². The van der Waals surface area contributed by atoms with Crippen molar-refractivity contribution in [3.63, 3.8) is 0 Å². The lowest BCUT2D eigenvalue weighted by atomic mass is 10.1. The lowest BCUT2D eigenvalue weighted by molar-refractivity contribution is 0.0697. The number of rotatable bonds is 3. The Hall–Kier alpha value is -3.42. The number of aromatic carboxylic acids is 1. The van der Waals surface area contributed by atoms with Crippen LogP contribution in [0.1, 0.15) is 33.9 Å². The second-order valence-corrected chi connectivity index (χ2v) is 8.27. The number of para-hydroxylation sites is 1. The Balaban J connectivity index is 1.65. The monoisotopic (exact) mass is 466 g/mol. The number of carbonyl (C=O) groups is 1. The van der Waals surface area contributed by atoms with Crippen molar-refractivity contribution in [2.24, 2.45) is 0 Å². The molecule has 3 heterocycles. The van der Waals surface area contributed by atoms with E-state index >= 15 is 0 Å². The lowest BCUT2D eigenvalue weighted by Crippen LogP contribution is -2.21. The highest BCUT2D eigenvalue weighted by Crippen LogP contribution is 2.33. The summed E-state index contributed by atoms with van der Waals surface area (Å²) < 4.78 is 3.19. The second kappa shape index (κ2) is 7.62. The lowest BCUT2D eigenvalue weighted by Gasteiger charge is -2.07. The number of carboxylic acid groups (broad SMARTS) is 1. The van der Waals surface area contributed by atoms with E-state index in [2.05, 4.69) is 10.1 Å². The van der Waals surface area contributed by atoms with Gasteiger partial charge in [0.05, 0.1) is 32.9 Å². The first-order valence-electron chi connectivity index (χ1n) is 9.84. The zero-order valence-electron chi connectivity index (χ0n) is 16.8. The molecule has 9 heteroatoms. The number of hydrogen-bond acceptors (Lipinski definition) is 4. The van der Waals surface area contributed by atoms with Gasteiger partial charge in [0, 0.05) is 12.1 Å². The van der Waals surface area contributed by atoms with E-state index in [-0.39, 0.29) is 11.1 Å². The molecule has 32 heavy (non-hydrogen) atoms. The summed E-state index contributed by atoms with van der Waals surface area (Å²) in [6.07, 6.45) is 2.48. The molecule has 2 aromatic carbocycles. The third-order valence-corrected chi connectivity index (χ3v) is 6.22. The van der Waals surface area contributed by atoms with E-state index in [0.29, 0.717) is 56.8 Å². The molecule has 5 rings (SSSR count). The number of aryl methyl sites for hydroxylation is 1. The molecule has 0 fully saturated rings. The van der Waals surface area contributed by atoms with Gasteiger partial charge in [-0.15, -0.1) is 0 Å². The number of halogens is 2. The molecule has 2 aromatic heterocycles. The van der Waals surface area contributed by atoms with E-state index in [9.17, 15) is 14.7 Å². The van der Waals surface area contributed by atoms with E-state index in [1.807, 2.05) is 31.2 Å². The molecule has 0 aliphatic carbocycles. The predicted octanol–water partition coefficient (Wildman–Crippen LogP) is 4.84. The molecule has 0 unspecified atom stereocenters. The maximum absolute atomic E-state index is 13.0. The molecular weight excluding hydrogens is 451 g/mol. The fourth-order valence-electron chi connectivity index (χ4n) is 3.92. The minimum Gasteiger partial charge on any atom is -0.478 e. The van der Waals surface area contributed by atoms with Gasteiger partial charge in [-0.2, -0.15) is 5.10 Å². The van der Waals surface area contributed by atoms with Gasteiger partial charge in [-0.05, 0) is 55.3 Å². The van der Waals surface area contributed by atoms with E-state index in [4.69, 9.17) is 23.2 Å². The van der Waals surface area contributed by atoms with Crippen molar-refractivity contribution in [1.29, 1.82) is 0 Å². The molecule has 7 nitrogen and oxygen atoms in total. The minimum atomic E-state index is -1.07. The summed E-state index contributed by atoms with van der Waals surface area (Å²) in [4.78, 5) is 28.9. The largest absolute Gasteiger partial charge is 0.478 e. The Labute approximate surface area is 192 Å². The van der Waals surface area contributed by atoms with Crippen LogP contribution < -0.4 is 5.56 Å². The molecule has 4 aromatic rings. The molecule has 0 saturated heterocycles. The standard InChI is InChI=1S/C23H16Cl2N4O3/c1-12-16(20(25)29(27-12)19-5-3-2-4-17(19)24)10-13-8-9-28-21(13)26-18-11-14(23(31)32)6-7-15(18)22(28)30/h2-7,10-11H,8-9H2,1H3,(H,31,32)/b13-10-. The summed E-state index contributed by atoms with van der Waals surface area (Å²) >= 11 is 13.0. The van der Waals surface area contributed by atoms with Crippen LogP contribution >= 0.6 is 23.2 Å². The number of allylic oxidation sites excluding steroid dienone is 1. The first kappa shape index (κ1) is 20.5. The van der Waals surface area contributed by atoms with Crippen molar-refractivity contribution in [1.82, 2.24) is 19.3 Å². The average molecular weight is 467 g/mol. The summed E-state index contributed by atoms with van der Waals surface area (Å²) in [6, 6.07) is 11.6. The normalized spacial score (nSPS) is 14.3. The zero-order valence-corrected chi connectivity index (χ0v) is 18.4. The maximum Gasteiger partial charge on any atom is 0.335 e. The molecular formula is C23H16Cl2N4O3. The Bertz CT molecular complexity index is 1520. The number of benzene rings is 2. The van der Waals surface area contributed by atoms with Crippen molar-refractivity contribution >= 4 is 51.7 Å². The van der Waals surface area contributed by atoms with Crippen molar-refractivity contribution in [2.45, 2.75) is 19.9 Å². The Morgan fingerprint density at radius 2 is 1.97 bits per heavy atom.